The average molecular weight is 377 g/mol. The highest BCUT2D eigenvalue weighted by Gasteiger charge is 2.20. The maximum Gasteiger partial charge on any atom is 0.185 e. The van der Waals surface area contributed by atoms with Gasteiger partial charge in [-0.05, 0) is 58.1 Å². The van der Waals surface area contributed by atoms with E-state index in [-0.39, 0.29) is 13.5 Å². The molecule has 0 spiro atoms. The van der Waals surface area contributed by atoms with Crippen LogP contribution < -0.4 is 0 Å². The van der Waals surface area contributed by atoms with Gasteiger partial charge in [0.1, 0.15) is 11.9 Å². The van der Waals surface area contributed by atoms with Crippen molar-refractivity contribution in [2.75, 3.05) is 6.26 Å². The van der Waals surface area contributed by atoms with Crippen LogP contribution in [-0.2, 0) is 4.74 Å². The Hall–Kier alpha value is -2.08. The molecule has 144 valence electrons. The molecule has 0 aromatic carbocycles. The zero-order valence-electron chi connectivity index (χ0n) is 15.9. The van der Waals surface area contributed by atoms with Gasteiger partial charge in [0.15, 0.2) is 11.5 Å². The number of nitrogens with zero attached hydrogens (tertiary/aromatic N) is 4. The lowest BCUT2D eigenvalue weighted by molar-refractivity contribution is 0.143. The van der Waals surface area contributed by atoms with Crippen molar-refractivity contribution in [1.82, 2.24) is 19.8 Å². The second-order valence-corrected chi connectivity index (χ2v) is 5.48. The van der Waals surface area contributed by atoms with Crippen molar-refractivity contribution in [2.24, 2.45) is 0 Å². The molecule has 26 heavy (non-hydrogen) atoms. The average Bonchev–Trinajstić information content (AvgIpc) is 2.97. The summed E-state index contributed by atoms with van der Waals surface area (Å²) in [6.07, 6.45) is 10.2. The minimum atomic E-state index is -0.179. The van der Waals surface area contributed by atoms with Gasteiger partial charge in [0.05, 0.1) is 5.69 Å². The summed E-state index contributed by atoms with van der Waals surface area (Å²) in [5.74, 6) is 1.49. The van der Waals surface area contributed by atoms with Crippen molar-refractivity contribution >= 4 is 18.3 Å². The summed E-state index contributed by atoms with van der Waals surface area (Å²) in [6.45, 7) is 13.8. The van der Waals surface area contributed by atoms with Crippen molar-refractivity contribution in [2.45, 2.75) is 54.6 Å². The predicted octanol–water partition coefficient (Wildman–Crippen LogP) is 5.35. The van der Waals surface area contributed by atoms with Crippen LogP contribution in [0.5, 0.6) is 0 Å². The van der Waals surface area contributed by atoms with Gasteiger partial charge < -0.3 is 4.74 Å². The number of thiol groups is 1. The molecule has 2 rings (SSSR count). The number of rotatable bonds is 6. The molecule has 6 heteroatoms. The molecule has 0 bridgehead atoms. The van der Waals surface area contributed by atoms with Crippen LogP contribution in [0.15, 0.2) is 36.6 Å². The number of aromatic nitrogens is 4. The number of allylic oxidation sites excluding steroid dienone is 4. The molecular weight excluding hydrogens is 344 g/mol. The minimum Gasteiger partial charge on any atom is -0.486 e. The lowest BCUT2D eigenvalue weighted by Gasteiger charge is -2.19. The van der Waals surface area contributed by atoms with Crippen LogP contribution in [0.4, 0.5) is 0 Å². The Morgan fingerprint density at radius 2 is 1.92 bits per heavy atom. The highest BCUT2D eigenvalue weighted by atomic mass is 32.1. The fourth-order valence-electron chi connectivity index (χ4n) is 2.44. The van der Waals surface area contributed by atoms with Crippen molar-refractivity contribution in [1.29, 1.82) is 0 Å². The van der Waals surface area contributed by atoms with E-state index in [4.69, 9.17) is 4.74 Å². The first kappa shape index (κ1) is 23.9. The van der Waals surface area contributed by atoms with E-state index < -0.39 is 0 Å². The Morgan fingerprint density at radius 1 is 1.27 bits per heavy atom. The van der Waals surface area contributed by atoms with Gasteiger partial charge in [0.25, 0.3) is 0 Å². The lowest BCUT2D eigenvalue weighted by atomic mass is 10.1. The minimum absolute atomic E-state index is 0. The first-order chi connectivity index (χ1) is 12.0. The second-order valence-electron chi connectivity index (χ2n) is 5.48. The van der Waals surface area contributed by atoms with Crippen LogP contribution in [0.1, 0.15) is 56.4 Å². The van der Waals surface area contributed by atoms with Crippen molar-refractivity contribution < 1.29 is 4.74 Å². The summed E-state index contributed by atoms with van der Waals surface area (Å²) in [4.78, 5) is 0. The Bertz CT molecular complexity index is 778. The fourth-order valence-corrected chi connectivity index (χ4v) is 2.44. The Kier molecular flexibility index (Phi) is 10.6. The molecule has 0 aliphatic heterocycles. The van der Waals surface area contributed by atoms with Crippen LogP contribution in [0.3, 0.4) is 0 Å². The smallest absolute Gasteiger partial charge is 0.185 e. The number of hydrogen-bond donors (Lipinski definition) is 1. The molecule has 1 atom stereocenters. The van der Waals surface area contributed by atoms with Gasteiger partial charge in [0.2, 0.25) is 0 Å². The third-order valence-corrected chi connectivity index (χ3v) is 3.79. The summed E-state index contributed by atoms with van der Waals surface area (Å²) in [7, 11) is 0. The van der Waals surface area contributed by atoms with Crippen LogP contribution >= 0.6 is 12.6 Å². The molecule has 2 aromatic heterocycles. The van der Waals surface area contributed by atoms with Crippen LogP contribution in [-0.4, -0.2) is 26.1 Å². The summed E-state index contributed by atoms with van der Waals surface area (Å²) in [5, 5.41) is 12.9. The highest BCUT2D eigenvalue weighted by Crippen LogP contribution is 2.28. The molecule has 0 aliphatic rings. The number of hydrogen-bond acceptors (Lipinski definition) is 5. The number of ether oxygens (including phenoxy) is 1. The van der Waals surface area contributed by atoms with Crippen molar-refractivity contribution in [3.63, 3.8) is 0 Å². The second kappa shape index (κ2) is 11.5. The third-order valence-electron chi connectivity index (χ3n) is 3.79. The van der Waals surface area contributed by atoms with E-state index in [1.165, 1.54) is 0 Å². The fraction of sp³-hybridized carbons (Fsp3) is 0.450. The van der Waals surface area contributed by atoms with Gasteiger partial charge >= 0.3 is 0 Å². The third kappa shape index (κ3) is 5.46. The van der Waals surface area contributed by atoms with Gasteiger partial charge in [0, 0.05) is 5.56 Å². The van der Waals surface area contributed by atoms with E-state index in [0.29, 0.717) is 0 Å². The molecule has 0 fully saturated rings. The molecule has 2 heterocycles. The van der Waals surface area contributed by atoms with E-state index in [0.717, 1.165) is 40.5 Å². The molecule has 0 amide bonds. The summed E-state index contributed by atoms with van der Waals surface area (Å²) >= 11 is 3.53. The molecule has 0 saturated carbocycles. The molecule has 0 N–H and O–H groups in total. The van der Waals surface area contributed by atoms with E-state index in [9.17, 15) is 0 Å². The Balaban J connectivity index is 0.00000201. The molecule has 5 nitrogen and oxygen atoms in total. The monoisotopic (exact) mass is 376 g/mol. The van der Waals surface area contributed by atoms with E-state index in [1.807, 2.05) is 39.8 Å². The largest absolute Gasteiger partial charge is 0.486 e. The highest BCUT2D eigenvalue weighted by molar-refractivity contribution is 7.79. The topological polar surface area (TPSA) is 52.3 Å². The maximum atomic E-state index is 6.07. The van der Waals surface area contributed by atoms with Crippen molar-refractivity contribution in [3.05, 3.63) is 59.3 Å². The van der Waals surface area contributed by atoms with E-state index in [2.05, 4.69) is 47.5 Å². The number of aryl methyl sites for hydroxylation is 2. The van der Waals surface area contributed by atoms with Gasteiger partial charge in [-0.25, -0.2) is 0 Å². The Morgan fingerprint density at radius 3 is 2.50 bits per heavy atom. The molecule has 0 saturated heterocycles. The first-order valence-electron chi connectivity index (χ1n) is 8.29. The van der Waals surface area contributed by atoms with Crippen molar-refractivity contribution in [3.8, 4) is 0 Å². The van der Waals surface area contributed by atoms with Crippen LogP contribution in [0.25, 0.3) is 5.65 Å². The maximum absolute atomic E-state index is 6.07. The van der Waals surface area contributed by atoms with Crippen LogP contribution in [0.2, 0.25) is 0 Å². The van der Waals surface area contributed by atoms with E-state index >= 15 is 0 Å². The molecule has 1 unspecified atom stereocenters. The predicted molar refractivity (Wildman–Crippen MR) is 114 cm³/mol. The van der Waals surface area contributed by atoms with Gasteiger partial charge in [-0.1, -0.05) is 33.1 Å². The number of fused-ring (bicyclic) bond motifs is 1. The molecule has 2 aromatic rings. The first-order valence-corrected chi connectivity index (χ1v) is 9.18. The zero-order chi connectivity index (χ0) is 19.0. The zero-order valence-corrected chi connectivity index (χ0v) is 16.8. The van der Waals surface area contributed by atoms with E-state index in [1.54, 1.807) is 16.8 Å². The van der Waals surface area contributed by atoms with Crippen LogP contribution in [0, 0.1) is 20.8 Å². The SMILES string of the molecule is C.C=C/C(=C\C=C/CC)OC(C)c1c(C)c(C)nn2c(C)nnc12.CS. The normalized spacial score (nSPS) is 12.3. The van der Waals surface area contributed by atoms with Gasteiger partial charge in [-0.3, -0.25) is 0 Å². The molecular formula is C20H32N4OS. The quantitative estimate of drug-likeness (QED) is 0.420. The summed E-state index contributed by atoms with van der Waals surface area (Å²) in [5.41, 5.74) is 3.77. The Labute approximate surface area is 163 Å². The summed E-state index contributed by atoms with van der Waals surface area (Å²) in [6, 6.07) is 0. The molecule has 0 aliphatic carbocycles. The van der Waals surface area contributed by atoms with Gasteiger partial charge in [-0.2, -0.15) is 22.2 Å². The summed E-state index contributed by atoms with van der Waals surface area (Å²) < 4.78 is 7.84. The standard InChI is InChI=1S/C18H24N4O.CH4S.CH4/c1-7-9-10-11-16(8-2)23-14(5)17-12(3)13(4)21-22-15(6)19-20-18(17)22;1-2;/h8-11,14H,2,7H2,1,3-6H3;2H,1H3;1H4/b10-9-,16-11+;;. The lowest BCUT2D eigenvalue weighted by Crippen LogP contribution is -2.09. The van der Waals surface area contributed by atoms with Gasteiger partial charge in [-0.15, -0.1) is 10.2 Å². The molecule has 0 radical (unpaired) electrons.